The van der Waals surface area contributed by atoms with Gasteiger partial charge in [-0.1, -0.05) is 0 Å². The highest BCUT2D eigenvalue weighted by Gasteiger charge is 2.25. The van der Waals surface area contributed by atoms with Gasteiger partial charge in [0.2, 0.25) is 6.54 Å². The van der Waals surface area contributed by atoms with Crippen molar-refractivity contribution >= 4 is 0 Å². The average molecular weight is 175 g/mol. The molecule has 0 atom stereocenters. The minimum Gasteiger partial charge on any atom is -0.324 e. The minimum atomic E-state index is -0.300. The Balaban J connectivity index is 1.87. The second-order valence-electron chi connectivity index (χ2n) is 2.82. The molecule has 1 fully saturated rings. The van der Waals surface area contributed by atoms with Gasteiger partial charge in [-0.2, -0.15) is 0 Å². The lowest BCUT2D eigenvalue weighted by molar-refractivity contribution is -0.480. The molecule has 0 aliphatic carbocycles. The predicted octanol–water partition coefficient (Wildman–Crippen LogP) is 1.15. The lowest BCUT2D eigenvalue weighted by atomic mass is 10.2. The summed E-state index contributed by atoms with van der Waals surface area (Å²) in [6, 6.07) is 0. The van der Waals surface area contributed by atoms with Crippen molar-refractivity contribution in [1.29, 1.82) is 0 Å². The van der Waals surface area contributed by atoms with Crippen LogP contribution in [0.15, 0.2) is 0 Å². The van der Waals surface area contributed by atoms with Gasteiger partial charge in [-0.3, -0.25) is 10.1 Å². The monoisotopic (exact) mass is 175 g/mol. The van der Waals surface area contributed by atoms with Crippen LogP contribution in [-0.4, -0.2) is 24.0 Å². The van der Waals surface area contributed by atoms with Crippen molar-refractivity contribution in [1.82, 2.24) is 0 Å². The van der Waals surface area contributed by atoms with Crippen LogP contribution in [0, 0.1) is 10.1 Å². The largest absolute Gasteiger partial charge is 0.324 e. The zero-order valence-electron chi connectivity index (χ0n) is 7.06. The van der Waals surface area contributed by atoms with Crippen LogP contribution in [0.4, 0.5) is 0 Å². The van der Waals surface area contributed by atoms with Crippen molar-refractivity contribution in [3.8, 4) is 0 Å². The Hall–Kier alpha value is -0.680. The number of ether oxygens (including phenoxy) is 2. The Morgan fingerprint density at radius 1 is 1.42 bits per heavy atom. The molecule has 0 amide bonds. The van der Waals surface area contributed by atoms with Crippen LogP contribution >= 0.6 is 0 Å². The molecule has 0 radical (unpaired) electrons. The number of hydrogen-bond acceptors (Lipinski definition) is 4. The first-order valence-corrected chi connectivity index (χ1v) is 4.11. The lowest BCUT2D eigenvalue weighted by Crippen LogP contribution is -2.38. The average Bonchev–Trinajstić information content (AvgIpc) is 1.93. The second kappa shape index (κ2) is 4.37. The summed E-state index contributed by atoms with van der Waals surface area (Å²) in [6.07, 6.45) is 1.94. The molecule has 1 saturated heterocycles. The van der Waals surface area contributed by atoms with E-state index in [1.54, 1.807) is 0 Å². The van der Waals surface area contributed by atoms with Gasteiger partial charge >= 0.3 is 0 Å². The van der Waals surface area contributed by atoms with Gasteiger partial charge in [0.15, 0.2) is 12.6 Å². The summed E-state index contributed by atoms with van der Waals surface area (Å²) in [4.78, 5) is 9.62. The summed E-state index contributed by atoms with van der Waals surface area (Å²) in [5, 5.41) is 9.92. The van der Waals surface area contributed by atoms with E-state index in [9.17, 15) is 10.1 Å². The molecule has 1 aliphatic rings. The van der Waals surface area contributed by atoms with Crippen LogP contribution < -0.4 is 0 Å². The van der Waals surface area contributed by atoms with Gasteiger partial charge in [0.05, 0.1) is 0 Å². The molecule has 0 N–H and O–H groups in total. The van der Waals surface area contributed by atoms with E-state index in [2.05, 4.69) is 0 Å². The SMILES string of the molecule is CC1OC(CCCC[N+](=O)[O-])O1. The molecule has 5 nitrogen and oxygen atoms in total. The van der Waals surface area contributed by atoms with Crippen molar-refractivity contribution in [2.24, 2.45) is 0 Å². The standard InChI is InChI=1S/C7H13NO4/c1-6-11-7(12-6)4-2-3-5-8(9)10/h6-7H,2-5H2,1H3. The highest BCUT2D eigenvalue weighted by Crippen LogP contribution is 2.20. The quantitative estimate of drug-likeness (QED) is 0.357. The maximum absolute atomic E-state index is 9.92. The summed E-state index contributed by atoms with van der Waals surface area (Å²) in [5.41, 5.74) is 0. The molecule has 0 aromatic rings. The fourth-order valence-corrected chi connectivity index (χ4v) is 1.13. The third kappa shape index (κ3) is 3.15. The van der Waals surface area contributed by atoms with Crippen LogP contribution in [-0.2, 0) is 9.47 Å². The third-order valence-electron chi connectivity index (χ3n) is 1.72. The van der Waals surface area contributed by atoms with Crippen molar-refractivity contribution in [3.05, 3.63) is 10.1 Å². The molecule has 12 heavy (non-hydrogen) atoms. The van der Waals surface area contributed by atoms with Gasteiger partial charge < -0.3 is 9.47 Å². The van der Waals surface area contributed by atoms with Crippen LogP contribution in [0.3, 0.4) is 0 Å². The summed E-state index contributed by atoms with van der Waals surface area (Å²) < 4.78 is 10.3. The molecule has 70 valence electrons. The van der Waals surface area contributed by atoms with E-state index in [1.165, 1.54) is 0 Å². The van der Waals surface area contributed by atoms with Crippen LogP contribution in [0.5, 0.6) is 0 Å². The molecular weight excluding hydrogens is 162 g/mol. The first kappa shape index (κ1) is 9.41. The molecule has 1 aliphatic heterocycles. The molecule has 0 bridgehead atoms. The van der Waals surface area contributed by atoms with E-state index in [-0.39, 0.29) is 24.0 Å². The van der Waals surface area contributed by atoms with Crippen LogP contribution in [0.2, 0.25) is 0 Å². The summed E-state index contributed by atoms with van der Waals surface area (Å²) in [6.45, 7) is 1.87. The molecule has 0 unspecified atom stereocenters. The summed E-state index contributed by atoms with van der Waals surface area (Å²) in [5.74, 6) is 0. The maximum Gasteiger partial charge on any atom is 0.203 e. The number of nitrogens with zero attached hydrogens (tertiary/aromatic N) is 1. The Bertz CT molecular complexity index is 155. The number of rotatable bonds is 5. The normalized spacial score (nSPS) is 28.1. The van der Waals surface area contributed by atoms with Crippen molar-refractivity contribution in [3.63, 3.8) is 0 Å². The van der Waals surface area contributed by atoms with Gasteiger partial charge in [0.1, 0.15) is 0 Å². The summed E-state index contributed by atoms with van der Waals surface area (Å²) in [7, 11) is 0. The minimum absolute atomic E-state index is 0.0439. The first-order valence-electron chi connectivity index (χ1n) is 4.11. The van der Waals surface area contributed by atoms with Crippen molar-refractivity contribution in [2.75, 3.05) is 6.54 Å². The zero-order chi connectivity index (χ0) is 8.97. The van der Waals surface area contributed by atoms with Gasteiger partial charge in [-0.25, -0.2) is 0 Å². The van der Waals surface area contributed by atoms with E-state index in [4.69, 9.17) is 9.47 Å². The van der Waals surface area contributed by atoms with E-state index < -0.39 is 0 Å². The first-order chi connectivity index (χ1) is 5.68. The zero-order valence-corrected chi connectivity index (χ0v) is 7.06. The molecule has 1 rings (SSSR count). The van der Waals surface area contributed by atoms with Crippen molar-refractivity contribution in [2.45, 2.75) is 38.8 Å². The van der Waals surface area contributed by atoms with Crippen LogP contribution in [0.25, 0.3) is 0 Å². The molecule has 5 heteroatoms. The van der Waals surface area contributed by atoms with E-state index in [0.29, 0.717) is 6.42 Å². The smallest absolute Gasteiger partial charge is 0.203 e. The molecule has 1 heterocycles. The van der Waals surface area contributed by atoms with E-state index >= 15 is 0 Å². The Morgan fingerprint density at radius 3 is 2.58 bits per heavy atom. The number of nitro groups is 1. The van der Waals surface area contributed by atoms with E-state index in [1.807, 2.05) is 6.92 Å². The van der Waals surface area contributed by atoms with Gasteiger partial charge in [0.25, 0.3) is 0 Å². The molecule has 0 aromatic carbocycles. The van der Waals surface area contributed by atoms with Gasteiger partial charge in [-0.05, 0) is 19.8 Å². The summed E-state index contributed by atoms with van der Waals surface area (Å²) >= 11 is 0. The highest BCUT2D eigenvalue weighted by molar-refractivity contribution is 4.55. The molecule has 0 saturated carbocycles. The van der Waals surface area contributed by atoms with Gasteiger partial charge in [-0.15, -0.1) is 0 Å². The topological polar surface area (TPSA) is 61.6 Å². The molecule has 0 spiro atoms. The molecular formula is C7H13NO4. The fraction of sp³-hybridized carbons (Fsp3) is 1.00. The second-order valence-corrected chi connectivity index (χ2v) is 2.82. The molecule has 0 aromatic heterocycles. The Morgan fingerprint density at radius 2 is 2.08 bits per heavy atom. The van der Waals surface area contributed by atoms with Crippen molar-refractivity contribution < 1.29 is 14.4 Å². The fourth-order valence-electron chi connectivity index (χ4n) is 1.13. The van der Waals surface area contributed by atoms with E-state index in [0.717, 1.165) is 12.8 Å². The predicted molar refractivity (Wildman–Crippen MR) is 41.1 cm³/mol. The van der Waals surface area contributed by atoms with Gasteiger partial charge in [0, 0.05) is 11.3 Å². The number of hydrogen-bond donors (Lipinski definition) is 0. The highest BCUT2D eigenvalue weighted by atomic mass is 16.9. The maximum atomic E-state index is 9.92. The number of unbranched alkanes of at least 4 members (excludes halogenated alkanes) is 1. The van der Waals surface area contributed by atoms with Crippen LogP contribution in [0.1, 0.15) is 26.2 Å². The lowest BCUT2D eigenvalue weighted by Gasteiger charge is -2.33. The third-order valence-corrected chi connectivity index (χ3v) is 1.72. The Kier molecular flexibility index (Phi) is 3.43. The Labute approximate surface area is 70.8 Å².